The van der Waals surface area contributed by atoms with Crippen molar-refractivity contribution in [3.8, 4) is 45.7 Å². The molecule has 0 saturated heterocycles. The van der Waals surface area contributed by atoms with Crippen molar-refractivity contribution in [3.63, 3.8) is 0 Å². The molecule has 0 spiro atoms. The van der Waals surface area contributed by atoms with E-state index in [-0.39, 0.29) is 5.56 Å². The van der Waals surface area contributed by atoms with Gasteiger partial charge in [-0.1, -0.05) is 92.1 Å². The van der Waals surface area contributed by atoms with Crippen molar-refractivity contribution in [2.45, 2.75) is 39.6 Å². The highest BCUT2D eigenvalue weighted by molar-refractivity contribution is 9.08. The number of nitrogens with zero attached hydrogens (tertiary/aromatic N) is 7. The fourth-order valence-electron chi connectivity index (χ4n) is 5.52. The summed E-state index contributed by atoms with van der Waals surface area (Å²) in [5.41, 5.74) is 6.49. The van der Waals surface area contributed by atoms with Crippen molar-refractivity contribution in [1.29, 1.82) is 0 Å². The second kappa shape index (κ2) is 15.0. The molecule has 0 aliphatic rings. The van der Waals surface area contributed by atoms with Gasteiger partial charge in [-0.25, -0.2) is 0 Å². The van der Waals surface area contributed by atoms with Gasteiger partial charge in [-0.05, 0) is 53.9 Å². The molecule has 12 nitrogen and oxygen atoms in total. The van der Waals surface area contributed by atoms with Crippen LogP contribution in [0.1, 0.15) is 34.4 Å². The Hall–Kier alpha value is -6.21. The Balaban J connectivity index is 0.000000251. The number of aromatic nitrogens is 7. The van der Waals surface area contributed by atoms with Gasteiger partial charge in [-0.3, -0.25) is 4.79 Å². The maximum absolute atomic E-state index is 13.0. The van der Waals surface area contributed by atoms with Crippen molar-refractivity contribution in [3.05, 3.63) is 142 Å². The minimum absolute atomic E-state index is 0.0651. The van der Waals surface area contributed by atoms with Crippen LogP contribution < -0.4 is 10.3 Å². The van der Waals surface area contributed by atoms with Gasteiger partial charge in [0.15, 0.2) is 0 Å². The van der Waals surface area contributed by atoms with Gasteiger partial charge in [0.2, 0.25) is 35.1 Å². The number of fused-ring (bicyclic) bond motifs is 1. The maximum Gasteiger partial charge on any atom is 0.251 e. The summed E-state index contributed by atoms with van der Waals surface area (Å²) in [5, 5.41) is 13.6. The smallest absolute Gasteiger partial charge is 0.251 e. The highest BCUT2D eigenvalue weighted by atomic mass is 79.9. The van der Waals surface area contributed by atoms with Gasteiger partial charge in [0, 0.05) is 54.2 Å². The van der Waals surface area contributed by atoms with Crippen molar-refractivity contribution >= 4 is 26.8 Å². The van der Waals surface area contributed by atoms with Crippen LogP contribution in [0.2, 0.25) is 0 Å². The number of ether oxygens (including phenoxy) is 1. The van der Waals surface area contributed by atoms with E-state index in [1.165, 1.54) is 5.56 Å². The van der Waals surface area contributed by atoms with Crippen LogP contribution in [-0.2, 0) is 11.9 Å². The summed E-state index contributed by atoms with van der Waals surface area (Å²) in [6.45, 7) is 7.64. The number of hydrogen-bond donors (Lipinski definition) is 0. The molecule has 0 unspecified atom stereocenters. The predicted octanol–water partition coefficient (Wildman–Crippen LogP) is 8.81. The lowest BCUT2D eigenvalue weighted by atomic mass is 10.1. The highest BCUT2D eigenvalue weighted by Crippen LogP contribution is 2.30. The predicted molar refractivity (Wildman–Crippen MR) is 198 cm³/mol. The quantitative estimate of drug-likeness (QED) is 0.137. The Morgan fingerprint density at radius 3 is 1.69 bits per heavy atom. The average Bonchev–Trinajstić information content (AvgIpc) is 3.92. The zero-order valence-electron chi connectivity index (χ0n) is 28.7. The second-order valence-electron chi connectivity index (χ2n) is 12.0. The molecule has 0 saturated carbocycles. The Labute approximate surface area is 306 Å². The number of hydrogen-bond acceptors (Lipinski definition) is 11. The molecule has 0 radical (unpaired) electrons. The van der Waals surface area contributed by atoms with E-state index in [1.54, 1.807) is 31.4 Å². The first-order valence-electron chi connectivity index (χ1n) is 16.3. The normalized spacial score (nSPS) is 11.0. The van der Waals surface area contributed by atoms with E-state index in [0.29, 0.717) is 53.2 Å². The highest BCUT2D eigenvalue weighted by Gasteiger charge is 2.12. The number of aryl methyl sites for hydroxylation is 4. The van der Waals surface area contributed by atoms with Crippen LogP contribution >= 0.6 is 15.9 Å². The Bertz CT molecular complexity index is 2540. The molecule has 0 aliphatic heterocycles. The fourth-order valence-corrected chi connectivity index (χ4v) is 5.90. The van der Waals surface area contributed by atoms with Crippen LogP contribution in [0.4, 0.5) is 0 Å². The third kappa shape index (κ3) is 7.74. The molecule has 0 amide bonds. The van der Waals surface area contributed by atoms with Crippen LogP contribution in [0.25, 0.3) is 45.1 Å². The molecular formula is C39H32BrN7O5. The van der Waals surface area contributed by atoms with Gasteiger partial charge in [0.05, 0.1) is 12.1 Å². The van der Waals surface area contributed by atoms with Gasteiger partial charge in [0.1, 0.15) is 11.5 Å². The van der Waals surface area contributed by atoms with E-state index in [4.69, 9.17) is 18.3 Å². The summed E-state index contributed by atoms with van der Waals surface area (Å²) in [7, 11) is 0. The Kier molecular flexibility index (Phi) is 9.85. The third-order valence-corrected chi connectivity index (χ3v) is 8.77. The van der Waals surface area contributed by atoms with Crippen LogP contribution in [0.3, 0.4) is 0 Å². The maximum atomic E-state index is 13.0. The molecule has 0 atom stereocenters. The number of benzene rings is 4. The number of halogens is 1. The van der Waals surface area contributed by atoms with Gasteiger partial charge < -0.3 is 22.9 Å². The summed E-state index contributed by atoms with van der Waals surface area (Å²) in [6, 6.07) is 30.7. The Morgan fingerprint density at radius 1 is 0.615 bits per heavy atom. The summed E-state index contributed by atoms with van der Waals surface area (Å²) < 4.78 is 23.0. The monoisotopic (exact) mass is 757 g/mol. The molecule has 4 heterocycles. The molecule has 52 heavy (non-hydrogen) atoms. The average molecular weight is 759 g/mol. The topological polar surface area (TPSA) is 148 Å². The van der Waals surface area contributed by atoms with Crippen LogP contribution in [0.5, 0.6) is 11.5 Å². The Morgan fingerprint density at radius 2 is 1.15 bits per heavy atom. The van der Waals surface area contributed by atoms with Gasteiger partial charge in [-0.2, -0.15) is 15.0 Å². The van der Waals surface area contributed by atoms with Crippen LogP contribution in [0.15, 0.2) is 115 Å². The number of rotatable bonds is 8. The lowest BCUT2D eigenvalue weighted by Gasteiger charge is -2.14. The van der Waals surface area contributed by atoms with E-state index < -0.39 is 0 Å². The summed E-state index contributed by atoms with van der Waals surface area (Å²) in [4.78, 5) is 25.7. The molecule has 8 aromatic rings. The van der Waals surface area contributed by atoms with Crippen molar-refractivity contribution < 1.29 is 18.3 Å². The first kappa shape index (κ1) is 34.2. The summed E-state index contributed by atoms with van der Waals surface area (Å²) in [6.07, 6.45) is 0. The molecule has 8 rings (SSSR count). The largest absolute Gasteiger partial charge is 0.457 e. The standard InChI is InChI=1S/C29H23N5O4.C10H9BrN2O/c1-17-13-27(35)34(16-20-7-9-21(10-8-20)28-30-18(2)37-32-28)26-12-11-24(15-25(17)26)36-23-6-4-5-22(14-23)29-31-19(3)38-33-29;1-7-12-10(13-14-7)9-4-2-8(6-11)3-5-9/h4-15H,16H2,1-3H3;2-5H,6H2,1H3. The minimum atomic E-state index is -0.0651. The van der Waals surface area contributed by atoms with Crippen LogP contribution in [-0.4, -0.2) is 35.0 Å². The van der Waals surface area contributed by atoms with Gasteiger partial charge >= 0.3 is 0 Å². The molecule has 0 aliphatic carbocycles. The van der Waals surface area contributed by atoms with Crippen molar-refractivity contribution in [2.75, 3.05) is 0 Å². The fraction of sp³-hybridized carbons (Fsp3) is 0.154. The SMILES string of the molecule is Cc1nc(-c2ccc(CBr)cc2)no1.Cc1nc(-c2ccc(Cn3c(=O)cc(C)c4cc(Oc5cccc(-c6noc(C)n6)c5)ccc43)cc2)no1. The van der Waals surface area contributed by atoms with E-state index in [2.05, 4.69) is 46.4 Å². The second-order valence-corrected chi connectivity index (χ2v) is 12.6. The molecule has 0 N–H and O–H groups in total. The number of alkyl halides is 1. The molecular weight excluding hydrogens is 726 g/mol. The van der Waals surface area contributed by atoms with Gasteiger partial charge in [-0.15, -0.1) is 0 Å². The first-order chi connectivity index (χ1) is 25.2. The lowest BCUT2D eigenvalue weighted by Crippen LogP contribution is -2.21. The molecule has 0 fully saturated rings. The van der Waals surface area contributed by atoms with E-state index >= 15 is 0 Å². The van der Waals surface area contributed by atoms with E-state index in [0.717, 1.165) is 44.1 Å². The van der Waals surface area contributed by atoms with E-state index in [1.807, 2.05) is 97.9 Å². The molecule has 4 aromatic carbocycles. The molecule has 13 heteroatoms. The molecule has 260 valence electrons. The van der Waals surface area contributed by atoms with Crippen molar-refractivity contribution in [1.82, 2.24) is 35.0 Å². The molecule has 0 bridgehead atoms. The number of pyridine rings is 1. The summed E-state index contributed by atoms with van der Waals surface area (Å²) >= 11 is 3.39. The lowest BCUT2D eigenvalue weighted by molar-refractivity contribution is 0.394. The third-order valence-electron chi connectivity index (χ3n) is 8.12. The van der Waals surface area contributed by atoms with Gasteiger partial charge in [0.25, 0.3) is 5.56 Å². The van der Waals surface area contributed by atoms with Crippen LogP contribution in [0, 0.1) is 27.7 Å². The summed E-state index contributed by atoms with van der Waals surface area (Å²) in [5.74, 6) is 4.59. The zero-order chi connectivity index (χ0) is 36.2. The minimum Gasteiger partial charge on any atom is -0.457 e. The van der Waals surface area contributed by atoms with Crippen molar-refractivity contribution in [2.24, 2.45) is 0 Å². The van der Waals surface area contributed by atoms with E-state index in [9.17, 15) is 4.79 Å². The first-order valence-corrected chi connectivity index (χ1v) is 17.4. The zero-order valence-corrected chi connectivity index (χ0v) is 30.3. The molecule has 4 aromatic heterocycles.